The van der Waals surface area contributed by atoms with Gasteiger partial charge in [0, 0.05) is 19.1 Å². The highest BCUT2D eigenvalue weighted by Gasteiger charge is 2.30. The van der Waals surface area contributed by atoms with Crippen LogP contribution in [0.3, 0.4) is 0 Å². The first kappa shape index (κ1) is 19.8. The van der Waals surface area contributed by atoms with E-state index < -0.39 is 6.03 Å². The molecule has 1 aromatic heterocycles. The van der Waals surface area contributed by atoms with Gasteiger partial charge in [0.15, 0.2) is 0 Å². The minimum Gasteiger partial charge on any atom is -0.384 e. The number of nitrogens with one attached hydrogen (secondary N) is 2. The lowest BCUT2D eigenvalue weighted by Gasteiger charge is -2.23. The van der Waals surface area contributed by atoms with Crippen molar-refractivity contribution in [3.05, 3.63) is 18.3 Å². The molecule has 1 atom stereocenters. The number of nitrogen functional groups attached to an aromatic ring is 1. The highest BCUT2D eigenvalue weighted by atomic mass is 35.5. The summed E-state index contributed by atoms with van der Waals surface area (Å²) >= 11 is 0. The predicted octanol–water partition coefficient (Wildman–Crippen LogP) is 0.430. The SMILES string of the molecule is Cl.Nc1ccc(NC2CCCN(C(=O)CN3CC(=O)NC3=O)CC2)cn1. The van der Waals surface area contributed by atoms with E-state index in [1.54, 1.807) is 17.2 Å². The summed E-state index contributed by atoms with van der Waals surface area (Å²) in [5, 5.41) is 5.60. The maximum Gasteiger partial charge on any atom is 0.325 e. The van der Waals surface area contributed by atoms with Crippen molar-refractivity contribution >= 4 is 41.8 Å². The number of hydrogen-bond acceptors (Lipinski definition) is 6. The third kappa shape index (κ3) is 4.98. The zero-order valence-electron chi connectivity index (χ0n) is 14.3. The zero-order valence-corrected chi connectivity index (χ0v) is 15.1. The van der Waals surface area contributed by atoms with Crippen LogP contribution in [0, 0.1) is 0 Å². The second-order valence-corrected chi connectivity index (χ2v) is 6.33. The molecule has 4 N–H and O–H groups in total. The molecule has 1 unspecified atom stereocenters. The van der Waals surface area contributed by atoms with Crippen molar-refractivity contribution in [2.24, 2.45) is 0 Å². The van der Waals surface area contributed by atoms with Crippen LogP contribution in [-0.4, -0.2) is 64.9 Å². The molecule has 0 saturated carbocycles. The molecule has 0 spiro atoms. The van der Waals surface area contributed by atoms with Gasteiger partial charge in [0.25, 0.3) is 0 Å². The monoisotopic (exact) mass is 382 g/mol. The fourth-order valence-corrected chi connectivity index (χ4v) is 3.09. The molecular formula is C16H23ClN6O3. The normalized spacial score (nSPS) is 20.2. The van der Waals surface area contributed by atoms with E-state index in [0.717, 1.165) is 24.9 Å². The number of urea groups is 1. The summed E-state index contributed by atoms with van der Waals surface area (Å²) < 4.78 is 0. The summed E-state index contributed by atoms with van der Waals surface area (Å²) in [5.41, 5.74) is 6.49. The van der Waals surface area contributed by atoms with Gasteiger partial charge in [-0.05, 0) is 31.4 Å². The number of pyridine rings is 1. The van der Waals surface area contributed by atoms with Gasteiger partial charge in [-0.3, -0.25) is 14.9 Å². The molecule has 0 aliphatic carbocycles. The number of carbonyl (C=O) groups is 3. The number of imide groups is 1. The Bertz CT molecular complexity index is 668. The highest BCUT2D eigenvalue weighted by molar-refractivity contribution is 6.03. The number of nitrogens with two attached hydrogens (primary N) is 1. The number of hydrogen-bond donors (Lipinski definition) is 3. The minimum absolute atomic E-state index is 0. The average molecular weight is 383 g/mol. The number of amides is 4. The van der Waals surface area contributed by atoms with Crippen molar-refractivity contribution in [2.75, 3.05) is 37.2 Å². The molecule has 142 valence electrons. The summed E-state index contributed by atoms with van der Waals surface area (Å²) in [7, 11) is 0. The van der Waals surface area contributed by atoms with Crippen molar-refractivity contribution in [3.8, 4) is 0 Å². The van der Waals surface area contributed by atoms with Crippen LogP contribution in [-0.2, 0) is 9.59 Å². The largest absolute Gasteiger partial charge is 0.384 e. The molecule has 2 fully saturated rings. The summed E-state index contributed by atoms with van der Waals surface area (Å²) in [6.07, 6.45) is 4.32. The zero-order chi connectivity index (χ0) is 17.8. The van der Waals surface area contributed by atoms with E-state index >= 15 is 0 Å². The van der Waals surface area contributed by atoms with E-state index in [0.29, 0.717) is 18.9 Å². The summed E-state index contributed by atoms with van der Waals surface area (Å²) in [5.74, 6) is -0.0118. The van der Waals surface area contributed by atoms with Crippen molar-refractivity contribution in [1.29, 1.82) is 0 Å². The van der Waals surface area contributed by atoms with E-state index in [9.17, 15) is 14.4 Å². The maximum atomic E-state index is 12.4. The van der Waals surface area contributed by atoms with Crippen LogP contribution in [0.15, 0.2) is 18.3 Å². The number of rotatable bonds is 4. The van der Waals surface area contributed by atoms with Crippen molar-refractivity contribution in [3.63, 3.8) is 0 Å². The Kier molecular flexibility index (Phi) is 6.62. The molecule has 3 heterocycles. The number of aromatic nitrogens is 1. The second kappa shape index (κ2) is 8.70. The topological polar surface area (TPSA) is 121 Å². The molecule has 0 radical (unpaired) electrons. The predicted molar refractivity (Wildman–Crippen MR) is 98.9 cm³/mol. The van der Waals surface area contributed by atoms with Crippen molar-refractivity contribution < 1.29 is 14.4 Å². The number of likely N-dealkylation sites (tertiary alicyclic amines) is 1. The molecule has 9 nitrogen and oxygen atoms in total. The Morgan fingerprint density at radius 1 is 1.31 bits per heavy atom. The van der Waals surface area contributed by atoms with E-state index in [2.05, 4.69) is 15.6 Å². The van der Waals surface area contributed by atoms with Crippen molar-refractivity contribution in [1.82, 2.24) is 20.1 Å². The maximum absolute atomic E-state index is 12.4. The lowest BCUT2D eigenvalue weighted by Crippen LogP contribution is -2.42. The minimum atomic E-state index is -0.497. The molecule has 0 bridgehead atoms. The lowest BCUT2D eigenvalue weighted by molar-refractivity contribution is -0.131. The number of anilines is 2. The standard InChI is InChI=1S/C16H22N6O3.ClH/c17-13-4-3-12(8-18-13)19-11-2-1-6-21(7-5-11)15(24)10-22-9-14(23)20-16(22)25;/h3-4,8,11,19H,1-2,5-7,9-10H2,(H2,17,18)(H,20,23,25);1H. The van der Waals surface area contributed by atoms with Gasteiger partial charge in [-0.1, -0.05) is 0 Å². The molecule has 0 aromatic carbocycles. The molecular weight excluding hydrogens is 360 g/mol. The van der Waals surface area contributed by atoms with Crippen LogP contribution in [0.5, 0.6) is 0 Å². The van der Waals surface area contributed by atoms with Gasteiger partial charge in [-0.25, -0.2) is 9.78 Å². The first-order chi connectivity index (χ1) is 12.0. The van der Waals surface area contributed by atoms with Gasteiger partial charge in [0.05, 0.1) is 11.9 Å². The van der Waals surface area contributed by atoms with Gasteiger partial charge in [-0.2, -0.15) is 0 Å². The van der Waals surface area contributed by atoms with Crippen LogP contribution in [0.2, 0.25) is 0 Å². The number of nitrogens with zero attached hydrogens (tertiary/aromatic N) is 3. The van der Waals surface area contributed by atoms with Crippen LogP contribution in [0.4, 0.5) is 16.3 Å². The Morgan fingerprint density at radius 2 is 2.12 bits per heavy atom. The van der Waals surface area contributed by atoms with Gasteiger partial charge in [-0.15, -0.1) is 12.4 Å². The third-order valence-corrected chi connectivity index (χ3v) is 4.43. The summed E-state index contributed by atoms with van der Waals surface area (Å²) in [6, 6.07) is 3.39. The first-order valence-electron chi connectivity index (χ1n) is 8.36. The average Bonchev–Trinajstić information content (AvgIpc) is 2.76. The van der Waals surface area contributed by atoms with Gasteiger partial charge < -0.3 is 20.9 Å². The van der Waals surface area contributed by atoms with Crippen LogP contribution >= 0.6 is 12.4 Å². The molecule has 3 rings (SSSR count). The summed E-state index contributed by atoms with van der Waals surface area (Å²) in [6.45, 7) is 1.16. The summed E-state index contributed by atoms with van der Waals surface area (Å²) in [4.78, 5) is 42.2. The number of halogens is 1. The van der Waals surface area contributed by atoms with E-state index in [1.165, 1.54) is 4.90 Å². The molecule has 1 aromatic rings. The third-order valence-electron chi connectivity index (χ3n) is 4.43. The quantitative estimate of drug-likeness (QED) is 0.649. The fraction of sp³-hybridized carbons (Fsp3) is 0.500. The Morgan fingerprint density at radius 3 is 2.77 bits per heavy atom. The Hall–Kier alpha value is -2.55. The van der Waals surface area contributed by atoms with Crippen LogP contribution < -0.4 is 16.4 Å². The fourth-order valence-electron chi connectivity index (χ4n) is 3.09. The van der Waals surface area contributed by atoms with Gasteiger partial charge >= 0.3 is 6.03 Å². The van der Waals surface area contributed by atoms with E-state index in [-0.39, 0.29) is 43.4 Å². The molecule has 4 amide bonds. The molecule has 2 aliphatic heterocycles. The van der Waals surface area contributed by atoms with Gasteiger partial charge in [0.1, 0.15) is 18.9 Å². The van der Waals surface area contributed by atoms with E-state index in [1.807, 2.05) is 6.07 Å². The molecule has 2 aliphatic rings. The smallest absolute Gasteiger partial charge is 0.325 e. The van der Waals surface area contributed by atoms with Crippen molar-refractivity contribution in [2.45, 2.75) is 25.3 Å². The van der Waals surface area contributed by atoms with Crippen LogP contribution in [0.25, 0.3) is 0 Å². The molecule has 10 heteroatoms. The number of carbonyl (C=O) groups excluding carboxylic acids is 3. The lowest BCUT2D eigenvalue weighted by atomic mass is 10.1. The van der Waals surface area contributed by atoms with Gasteiger partial charge in [0.2, 0.25) is 11.8 Å². The molecule has 2 saturated heterocycles. The molecule has 26 heavy (non-hydrogen) atoms. The highest BCUT2D eigenvalue weighted by Crippen LogP contribution is 2.17. The van der Waals surface area contributed by atoms with E-state index in [4.69, 9.17) is 5.73 Å². The Labute approximate surface area is 157 Å². The first-order valence-corrected chi connectivity index (χ1v) is 8.36. The second-order valence-electron chi connectivity index (χ2n) is 6.33. The van der Waals surface area contributed by atoms with Crippen LogP contribution in [0.1, 0.15) is 19.3 Å². The Balaban J connectivity index is 0.00000243.